The quantitative estimate of drug-likeness (QED) is 0.524. The molecule has 26 heavy (non-hydrogen) atoms. The van der Waals surface area contributed by atoms with E-state index in [1.54, 1.807) is 25.3 Å². The van der Waals surface area contributed by atoms with Crippen molar-refractivity contribution in [1.29, 1.82) is 0 Å². The first-order valence-corrected chi connectivity index (χ1v) is 8.72. The molecular formula is C21H25NO4. The minimum atomic E-state index is -0.0898. The van der Waals surface area contributed by atoms with E-state index in [-0.39, 0.29) is 18.1 Å². The molecular weight excluding hydrogens is 330 g/mol. The topological polar surface area (TPSA) is 64.6 Å². The fraction of sp³-hybridized carbons (Fsp3) is 0.333. The van der Waals surface area contributed by atoms with Gasteiger partial charge in [-0.05, 0) is 50.1 Å². The third kappa shape index (κ3) is 6.24. The summed E-state index contributed by atoms with van der Waals surface area (Å²) in [5, 5.41) is 2.89. The summed E-state index contributed by atoms with van der Waals surface area (Å²) in [6.45, 7) is 2.71. The van der Waals surface area contributed by atoms with E-state index < -0.39 is 0 Å². The molecule has 0 saturated heterocycles. The van der Waals surface area contributed by atoms with E-state index in [0.29, 0.717) is 30.0 Å². The molecule has 0 radical (unpaired) electrons. The number of ketones is 1. The van der Waals surface area contributed by atoms with Crippen molar-refractivity contribution in [2.24, 2.45) is 0 Å². The fourth-order valence-corrected chi connectivity index (χ4v) is 2.53. The van der Waals surface area contributed by atoms with Crippen molar-refractivity contribution in [2.75, 3.05) is 20.3 Å². The number of hydrogen-bond acceptors (Lipinski definition) is 4. The fourth-order valence-electron chi connectivity index (χ4n) is 2.53. The van der Waals surface area contributed by atoms with Crippen LogP contribution in [0, 0.1) is 0 Å². The normalized spacial score (nSPS) is 10.2. The van der Waals surface area contributed by atoms with Gasteiger partial charge >= 0.3 is 0 Å². The van der Waals surface area contributed by atoms with Gasteiger partial charge in [-0.2, -0.15) is 0 Å². The first kappa shape index (κ1) is 19.5. The third-order valence-electron chi connectivity index (χ3n) is 3.94. The molecule has 0 aromatic heterocycles. The minimum absolute atomic E-state index is 0.0345. The van der Waals surface area contributed by atoms with Crippen molar-refractivity contribution >= 4 is 11.7 Å². The standard InChI is InChI=1S/C21H25NO4/c1-16(23)17-10-11-20(25-2)18(14-17)15-21(24)22-12-6-7-13-26-19-8-4-3-5-9-19/h3-5,8-11,14H,6-7,12-13,15H2,1-2H3,(H,22,24). The van der Waals surface area contributed by atoms with Crippen LogP contribution < -0.4 is 14.8 Å². The number of amides is 1. The van der Waals surface area contributed by atoms with Crippen molar-refractivity contribution in [3.63, 3.8) is 0 Å². The Labute approximate surface area is 154 Å². The van der Waals surface area contributed by atoms with Gasteiger partial charge in [0, 0.05) is 17.7 Å². The van der Waals surface area contributed by atoms with Gasteiger partial charge in [0.25, 0.3) is 0 Å². The van der Waals surface area contributed by atoms with E-state index in [0.717, 1.165) is 18.6 Å². The van der Waals surface area contributed by atoms with Gasteiger partial charge in [-0.3, -0.25) is 9.59 Å². The Kier molecular flexibility index (Phi) is 7.68. The van der Waals surface area contributed by atoms with Crippen LogP contribution in [-0.2, 0) is 11.2 Å². The van der Waals surface area contributed by atoms with E-state index in [2.05, 4.69) is 5.32 Å². The lowest BCUT2D eigenvalue weighted by Crippen LogP contribution is -2.26. The van der Waals surface area contributed by atoms with Crippen molar-refractivity contribution in [1.82, 2.24) is 5.32 Å². The highest BCUT2D eigenvalue weighted by molar-refractivity contribution is 5.94. The van der Waals surface area contributed by atoms with Gasteiger partial charge in [0.1, 0.15) is 11.5 Å². The summed E-state index contributed by atoms with van der Waals surface area (Å²) in [7, 11) is 1.55. The predicted molar refractivity (Wildman–Crippen MR) is 101 cm³/mol. The van der Waals surface area contributed by atoms with Gasteiger partial charge in [-0.15, -0.1) is 0 Å². The van der Waals surface area contributed by atoms with Gasteiger partial charge in [0.05, 0.1) is 20.1 Å². The molecule has 0 aliphatic rings. The molecule has 138 valence electrons. The second-order valence-corrected chi connectivity index (χ2v) is 5.98. The Balaban J connectivity index is 1.71. The van der Waals surface area contributed by atoms with Crippen LogP contribution in [0.25, 0.3) is 0 Å². The predicted octanol–water partition coefficient (Wildman–Crippen LogP) is 3.42. The minimum Gasteiger partial charge on any atom is -0.496 e. The number of para-hydroxylation sites is 1. The van der Waals surface area contributed by atoms with Crippen LogP contribution in [0.4, 0.5) is 0 Å². The highest BCUT2D eigenvalue weighted by atomic mass is 16.5. The molecule has 2 rings (SSSR count). The molecule has 0 heterocycles. The third-order valence-corrected chi connectivity index (χ3v) is 3.94. The Hall–Kier alpha value is -2.82. The molecule has 0 unspecified atom stereocenters. The smallest absolute Gasteiger partial charge is 0.224 e. The van der Waals surface area contributed by atoms with Crippen molar-refractivity contribution < 1.29 is 19.1 Å². The lowest BCUT2D eigenvalue weighted by molar-refractivity contribution is -0.120. The molecule has 0 saturated carbocycles. The number of hydrogen-bond donors (Lipinski definition) is 1. The van der Waals surface area contributed by atoms with Crippen LogP contribution >= 0.6 is 0 Å². The number of unbranched alkanes of at least 4 members (excludes halogenated alkanes) is 1. The van der Waals surface area contributed by atoms with E-state index in [9.17, 15) is 9.59 Å². The molecule has 2 aromatic carbocycles. The molecule has 0 aliphatic carbocycles. The number of benzene rings is 2. The van der Waals surface area contributed by atoms with Crippen molar-refractivity contribution in [3.8, 4) is 11.5 Å². The zero-order valence-corrected chi connectivity index (χ0v) is 15.3. The number of Topliss-reactive ketones (excluding diaryl/α,β-unsaturated/α-hetero) is 1. The summed E-state index contributed by atoms with van der Waals surface area (Å²) in [6, 6.07) is 14.8. The zero-order valence-electron chi connectivity index (χ0n) is 15.3. The molecule has 5 heteroatoms. The summed E-state index contributed by atoms with van der Waals surface area (Å²) >= 11 is 0. The monoisotopic (exact) mass is 355 g/mol. The summed E-state index contributed by atoms with van der Waals surface area (Å²) in [4.78, 5) is 23.6. The van der Waals surface area contributed by atoms with Crippen LogP contribution in [0.2, 0.25) is 0 Å². The first-order chi connectivity index (χ1) is 12.6. The molecule has 1 amide bonds. The number of methoxy groups -OCH3 is 1. The zero-order chi connectivity index (χ0) is 18.8. The van der Waals surface area contributed by atoms with Gasteiger partial charge < -0.3 is 14.8 Å². The molecule has 5 nitrogen and oxygen atoms in total. The van der Waals surface area contributed by atoms with Crippen LogP contribution in [0.3, 0.4) is 0 Å². The van der Waals surface area contributed by atoms with Crippen LogP contribution in [0.5, 0.6) is 11.5 Å². The number of nitrogens with one attached hydrogen (secondary N) is 1. The van der Waals surface area contributed by atoms with E-state index in [4.69, 9.17) is 9.47 Å². The van der Waals surface area contributed by atoms with Gasteiger partial charge in [-0.1, -0.05) is 18.2 Å². The van der Waals surface area contributed by atoms with Gasteiger partial charge in [0.15, 0.2) is 5.78 Å². The van der Waals surface area contributed by atoms with E-state index in [1.807, 2.05) is 30.3 Å². The summed E-state index contributed by atoms with van der Waals surface area (Å²) in [6.07, 6.45) is 1.88. The number of carbonyl (C=O) groups excluding carboxylic acids is 2. The summed E-state index contributed by atoms with van der Waals surface area (Å²) in [5.41, 5.74) is 1.29. The highest BCUT2D eigenvalue weighted by Gasteiger charge is 2.11. The average molecular weight is 355 g/mol. The maximum absolute atomic E-state index is 12.1. The van der Waals surface area contributed by atoms with Crippen molar-refractivity contribution in [3.05, 3.63) is 59.7 Å². The summed E-state index contributed by atoms with van der Waals surface area (Å²) < 4.78 is 10.9. The Morgan fingerprint density at radius 2 is 1.81 bits per heavy atom. The molecule has 1 N–H and O–H groups in total. The number of ether oxygens (including phenoxy) is 2. The lowest BCUT2D eigenvalue weighted by Gasteiger charge is -2.10. The number of carbonyl (C=O) groups is 2. The SMILES string of the molecule is COc1ccc(C(C)=O)cc1CC(=O)NCCCCOc1ccccc1. The Bertz CT molecular complexity index is 728. The van der Waals surface area contributed by atoms with Crippen molar-refractivity contribution in [2.45, 2.75) is 26.2 Å². The molecule has 0 spiro atoms. The maximum Gasteiger partial charge on any atom is 0.224 e. The molecule has 0 fully saturated rings. The van der Waals surface area contributed by atoms with E-state index in [1.165, 1.54) is 6.92 Å². The molecule has 2 aromatic rings. The van der Waals surface area contributed by atoms with E-state index >= 15 is 0 Å². The first-order valence-electron chi connectivity index (χ1n) is 8.72. The van der Waals surface area contributed by atoms with Crippen LogP contribution in [-0.4, -0.2) is 32.0 Å². The maximum atomic E-state index is 12.1. The lowest BCUT2D eigenvalue weighted by atomic mass is 10.0. The second-order valence-electron chi connectivity index (χ2n) is 5.98. The highest BCUT2D eigenvalue weighted by Crippen LogP contribution is 2.20. The van der Waals surface area contributed by atoms with Gasteiger partial charge in [0.2, 0.25) is 5.91 Å². The number of rotatable bonds is 10. The largest absolute Gasteiger partial charge is 0.496 e. The van der Waals surface area contributed by atoms with Crippen LogP contribution in [0.15, 0.2) is 48.5 Å². The molecule has 0 atom stereocenters. The summed E-state index contributed by atoms with van der Waals surface area (Å²) in [5.74, 6) is 1.34. The van der Waals surface area contributed by atoms with Crippen LogP contribution in [0.1, 0.15) is 35.7 Å². The molecule has 0 aliphatic heterocycles. The molecule has 0 bridgehead atoms. The Morgan fingerprint density at radius 3 is 2.50 bits per heavy atom. The second kappa shape index (κ2) is 10.2. The Morgan fingerprint density at radius 1 is 1.04 bits per heavy atom. The van der Waals surface area contributed by atoms with Gasteiger partial charge in [-0.25, -0.2) is 0 Å². The average Bonchev–Trinajstić information content (AvgIpc) is 2.65.